The molecule has 4 heteroatoms. The third-order valence-electron chi connectivity index (χ3n) is 3.10. The molecule has 0 radical (unpaired) electrons. The van der Waals surface area contributed by atoms with E-state index in [-0.39, 0.29) is 0 Å². The molecular formula is C13H20N2OS. The van der Waals surface area contributed by atoms with Crippen molar-refractivity contribution < 1.29 is 4.79 Å². The molecule has 1 saturated heterocycles. The van der Waals surface area contributed by atoms with Gasteiger partial charge in [-0.2, -0.15) is 0 Å². The van der Waals surface area contributed by atoms with Gasteiger partial charge < -0.3 is 10.2 Å². The maximum absolute atomic E-state index is 11.8. The Morgan fingerprint density at radius 2 is 2.18 bits per heavy atom. The average molecular weight is 252 g/mol. The van der Waals surface area contributed by atoms with Crippen LogP contribution >= 0.6 is 11.3 Å². The van der Waals surface area contributed by atoms with Gasteiger partial charge >= 0.3 is 0 Å². The predicted molar refractivity (Wildman–Crippen MR) is 71.1 cm³/mol. The maximum Gasteiger partial charge on any atom is 0.223 e. The molecule has 94 valence electrons. The predicted octanol–water partition coefficient (Wildman–Crippen LogP) is 2.24. The van der Waals surface area contributed by atoms with Gasteiger partial charge in [-0.3, -0.25) is 4.79 Å². The van der Waals surface area contributed by atoms with Gasteiger partial charge in [-0.1, -0.05) is 6.07 Å². The molecular weight excluding hydrogens is 232 g/mol. The van der Waals surface area contributed by atoms with E-state index in [0.717, 1.165) is 26.2 Å². The van der Waals surface area contributed by atoms with E-state index in [0.29, 0.717) is 12.3 Å². The number of nitrogens with one attached hydrogen (secondary N) is 1. The summed E-state index contributed by atoms with van der Waals surface area (Å²) in [5.41, 5.74) is 0. The molecule has 1 amide bonds. The van der Waals surface area contributed by atoms with Gasteiger partial charge in [-0.15, -0.1) is 11.3 Å². The number of nitrogens with zero attached hydrogens (tertiary/aromatic N) is 1. The number of amides is 1. The minimum Gasteiger partial charge on any atom is -0.343 e. The normalized spacial score (nSPS) is 16.1. The van der Waals surface area contributed by atoms with Crippen LogP contribution in [0.4, 0.5) is 0 Å². The lowest BCUT2D eigenvalue weighted by Gasteiger charge is -2.26. The van der Waals surface area contributed by atoms with Crippen molar-refractivity contribution in [1.29, 1.82) is 0 Å². The van der Waals surface area contributed by atoms with Crippen molar-refractivity contribution in [3.8, 4) is 0 Å². The van der Waals surface area contributed by atoms with Gasteiger partial charge in [0.2, 0.25) is 5.91 Å². The largest absolute Gasteiger partial charge is 0.343 e. The third-order valence-corrected chi connectivity index (χ3v) is 3.98. The lowest BCUT2D eigenvalue weighted by molar-refractivity contribution is -0.131. The van der Waals surface area contributed by atoms with Crippen LogP contribution in [-0.4, -0.2) is 30.4 Å². The SMILES string of the molecule is O=C(CCNCc1cccs1)N1CCCCC1. The minimum atomic E-state index is 0.309. The van der Waals surface area contributed by atoms with E-state index in [1.807, 2.05) is 4.90 Å². The molecule has 0 atom stereocenters. The van der Waals surface area contributed by atoms with Gasteiger partial charge in [0, 0.05) is 37.5 Å². The minimum absolute atomic E-state index is 0.309. The fourth-order valence-electron chi connectivity index (χ4n) is 2.12. The number of likely N-dealkylation sites (tertiary alicyclic amines) is 1. The van der Waals surface area contributed by atoms with Crippen molar-refractivity contribution >= 4 is 17.2 Å². The van der Waals surface area contributed by atoms with Crippen LogP contribution in [-0.2, 0) is 11.3 Å². The van der Waals surface area contributed by atoms with E-state index in [4.69, 9.17) is 0 Å². The van der Waals surface area contributed by atoms with Crippen molar-refractivity contribution in [1.82, 2.24) is 10.2 Å². The molecule has 1 fully saturated rings. The second-order valence-electron chi connectivity index (χ2n) is 4.45. The number of carbonyl (C=O) groups is 1. The zero-order valence-corrected chi connectivity index (χ0v) is 11.0. The number of thiophene rings is 1. The highest BCUT2D eigenvalue weighted by Gasteiger charge is 2.15. The average Bonchev–Trinajstić information content (AvgIpc) is 2.88. The Kier molecular flexibility index (Phi) is 5.01. The van der Waals surface area contributed by atoms with E-state index < -0.39 is 0 Å². The molecule has 1 aromatic rings. The van der Waals surface area contributed by atoms with Gasteiger partial charge in [0.05, 0.1) is 0 Å². The summed E-state index contributed by atoms with van der Waals surface area (Å²) in [5, 5.41) is 5.40. The van der Waals surface area contributed by atoms with E-state index in [1.165, 1.54) is 24.1 Å². The number of carbonyl (C=O) groups excluding carboxylic acids is 1. The monoisotopic (exact) mass is 252 g/mol. The third kappa shape index (κ3) is 4.13. The first-order chi connectivity index (χ1) is 8.36. The van der Waals surface area contributed by atoms with Crippen molar-refractivity contribution in [2.75, 3.05) is 19.6 Å². The standard InChI is InChI=1S/C13H20N2OS/c16-13(15-8-2-1-3-9-15)6-7-14-11-12-5-4-10-17-12/h4-5,10,14H,1-3,6-9,11H2. The van der Waals surface area contributed by atoms with Gasteiger partial charge in [0.15, 0.2) is 0 Å². The van der Waals surface area contributed by atoms with Crippen molar-refractivity contribution in [2.24, 2.45) is 0 Å². The highest BCUT2D eigenvalue weighted by molar-refractivity contribution is 7.09. The van der Waals surface area contributed by atoms with Crippen molar-refractivity contribution in [3.05, 3.63) is 22.4 Å². The Hall–Kier alpha value is -0.870. The van der Waals surface area contributed by atoms with E-state index in [2.05, 4.69) is 22.8 Å². The molecule has 0 saturated carbocycles. The molecule has 0 aliphatic carbocycles. The lowest BCUT2D eigenvalue weighted by atomic mass is 10.1. The molecule has 3 nitrogen and oxygen atoms in total. The van der Waals surface area contributed by atoms with Crippen LogP contribution in [0.2, 0.25) is 0 Å². The molecule has 2 heterocycles. The molecule has 0 spiro atoms. The van der Waals surface area contributed by atoms with Gasteiger partial charge in [0.1, 0.15) is 0 Å². The molecule has 0 aromatic carbocycles. The smallest absolute Gasteiger partial charge is 0.223 e. The van der Waals surface area contributed by atoms with E-state index >= 15 is 0 Å². The van der Waals surface area contributed by atoms with Crippen LogP contribution in [0.15, 0.2) is 17.5 Å². The quantitative estimate of drug-likeness (QED) is 0.815. The number of piperidine rings is 1. The fraction of sp³-hybridized carbons (Fsp3) is 0.615. The first-order valence-electron chi connectivity index (χ1n) is 6.37. The first-order valence-corrected chi connectivity index (χ1v) is 7.25. The van der Waals surface area contributed by atoms with E-state index in [1.54, 1.807) is 11.3 Å². The summed E-state index contributed by atoms with van der Waals surface area (Å²) in [5.74, 6) is 0.309. The molecule has 1 aliphatic rings. The molecule has 1 aliphatic heterocycles. The summed E-state index contributed by atoms with van der Waals surface area (Å²) in [4.78, 5) is 15.2. The van der Waals surface area contributed by atoms with Crippen LogP contribution in [0, 0.1) is 0 Å². The Bertz CT molecular complexity index is 331. The van der Waals surface area contributed by atoms with Crippen molar-refractivity contribution in [2.45, 2.75) is 32.2 Å². The first kappa shape index (κ1) is 12.6. The van der Waals surface area contributed by atoms with E-state index in [9.17, 15) is 4.79 Å². The van der Waals surface area contributed by atoms with Crippen LogP contribution in [0.5, 0.6) is 0 Å². The molecule has 0 bridgehead atoms. The fourth-order valence-corrected chi connectivity index (χ4v) is 2.80. The second-order valence-corrected chi connectivity index (χ2v) is 5.48. The molecule has 0 unspecified atom stereocenters. The van der Waals surface area contributed by atoms with Gasteiger partial charge in [-0.25, -0.2) is 0 Å². The Balaban J connectivity index is 1.59. The number of hydrogen-bond acceptors (Lipinski definition) is 3. The lowest BCUT2D eigenvalue weighted by Crippen LogP contribution is -2.37. The summed E-state index contributed by atoms with van der Waals surface area (Å²) in [6.07, 6.45) is 4.26. The molecule has 2 rings (SSSR count). The summed E-state index contributed by atoms with van der Waals surface area (Å²) in [7, 11) is 0. The van der Waals surface area contributed by atoms with Crippen LogP contribution in [0.25, 0.3) is 0 Å². The van der Waals surface area contributed by atoms with Crippen LogP contribution in [0.1, 0.15) is 30.6 Å². The summed E-state index contributed by atoms with van der Waals surface area (Å²) >= 11 is 1.75. The van der Waals surface area contributed by atoms with Crippen molar-refractivity contribution in [3.63, 3.8) is 0 Å². The second kappa shape index (κ2) is 6.77. The summed E-state index contributed by atoms with van der Waals surface area (Å²) in [6.45, 7) is 3.59. The molecule has 17 heavy (non-hydrogen) atoms. The van der Waals surface area contributed by atoms with Crippen LogP contribution < -0.4 is 5.32 Å². The van der Waals surface area contributed by atoms with Crippen LogP contribution in [0.3, 0.4) is 0 Å². The topological polar surface area (TPSA) is 32.3 Å². The van der Waals surface area contributed by atoms with Gasteiger partial charge in [-0.05, 0) is 30.7 Å². The number of rotatable bonds is 5. The zero-order valence-electron chi connectivity index (χ0n) is 10.2. The zero-order chi connectivity index (χ0) is 11.9. The Morgan fingerprint density at radius 1 is 1.35 bits per heavy atom. The highest BCUT2D eigenvalue weighted by Crippen LogP contribution is 2.10. The summed E-state index contributed by atoms with van der Waals surface area (Å²) < 4.78 is 0. The molecule has 1 aromatic heterocycles. The maximum atomic E-state index is 11.8. The molecule has 1 N–H and O–H groups in total. The van der Waals surface area contributed by atoms with Gasteiger partial charge in [0.25, 0.3) is 0 Å². The number of hydrogen-bond donors (Lipinski definition) is 1. The summed E-state index contributed by atoms with van der Waals surface area (Å²) in [6, 6.07) is 4.17. The highest BCUT2D eigenvalue weighted by atomic mass is 32.1. The Morgan fingerprint density at radius 3 is 2.88 bits per heavy atom. The Labute approximate surface area is 107 Å².